The molecule has 2 spiro atoms. The highest BCUT2D eigenvalue weighted by molar-refractivity contribution is 5.97. The first-order valence-corrected chi connectivity index (χ1v) is 13.3. The zero-order chi connectivity index (χ0) is 24.4. The van der Waals surface area contributed by atoms with Crippen LogP contribution < -0.4 is 4.74 Å². The van der Waals surface area contributed by atoms with Crippen LogP contribution in [0.25, 0.3) is 0 Å². The molecule has 4 bridgehead atoms. The smallest absolute Gasteiger partial charge is 0.252 e. The SMILES string of the molecule is CN(Cc1ncc[nH]1)C(=O)C1=C[C@@]23CC[C@]1(O)[C@@H]1Oc4c(O)ccc5c4[C@@]12CCN(CC1CC1)[C@@H]3C5. The largest absolute Gasteiger partial charge is 0.504 e. The van der Waals surface area contributed by atoms with E-state index >= 15 is 0 Å². The summed E-state index contributed by atoms with van der Waals surface area (Å²) in [6.07, 6.45) is 10.7. The normalized spacial score (nSPS) is 37.3. The first-order chi connectivity index (χ1) is 17.4. The van der Waals surface area contributed by atoms with Crippen molar-refractivity contribution in [3.8, 4) is 11.5 Å². The van der Waals surface area contributed by atoms with Crippen LogP contribution in [0.4, 0.5) is 0 Å². The molecule has 1 aromatic carbocycles. The number of hydrogen-bond acceptors (Lipinski definition) is 6. The molecular formula is C28H32N4O4. The number of ether oxygens (including phenoxy) is 1. The third-order valence-electron chi connectivity index (χ3n) is 10.4. The molecule has 188 valence electrons. The summed E-state index contributed by atoms with van der Waals surface area (Å²) < 4.78 is 6.59. The number of aromatic hydroxyl groups is 1. The van der Waals surface area contributed by atoms with Gasteiger partial charge in [0.05, 0.1) is 12.0 Å². The van der Waals surface area contributed by atoms with Crippen LogP contribution in [-0.4, -0.2) is 73.8 Å². The minimum atomic E-state index is -1.40. The summed E-state index contributed by atoms with van der Waals surface area (Å²) in [6.45, 7) is 2.41. The van der Waals surface area contributed by atoms with Gasteiger partial charge in [0.2, 0.25) is 0 Å². The third-order valence-corrected chi connectivity index (χ3v) is 10.4. The molecule has 5 atom stereocenters. The Hall–Kier alpha value is -2.84. The van der Waals surface area contributed by atoms with E-state index in [2.05, 4.69) is 27.0 Å². The second-order valence-electron chi connectivity index (χ2n) is 12.0. The molecule has 1 amide bonds. The maximum absolute atomic E-state index is 13.9. The van der Waals surface area contributed by atoms with Gasteiger partial charge in [0.1, 0.15) is 17.5 Å². The molecule has 5 aliphatic carbocycles. The van der Waals surface area contributed by atoms with E-state index in [0.29, 0.717) is 30.1 Å². The van der Waals surface area contributed by atoms with Gasteiger partial charge < -0.3 is 24.8 Å². The summed E-state index contributed by atoms with van der Waals surface area (Å²) in [5.41, 5.74) is 0.651. The van der Waals surface area contributed by atoms with Gasteiger partial charge in [-0.2, -0.15) is 0 Å². The van der Waals surface area contributed by atoms with Crippen molar-refractivity contribution in [3.05, 3.63) is 53.1 Å². The second-order valence-corrected chi connectivity index (χ2v) is 12.0. The van der Waals surface area contributed by atoms with Crippen LogP contribution in [0.15, 0.2) is 36.2 Å². The number of piperidine rings is 1. The van der Waals surface area contributed by atoms with Crippen LogP contribution in [0.2, 0.25) is 0 Å². The molecule has 1 aromatic heterocycles. The van der Waals surface area contributed by atoms with E-state index in [-0.39, 0.29) is 23.1 Å². The number of aromatic amines is 1. The highest BCUT2D eigenvalue weighted by atomic mass is 16.5. The fourth-order valence-corrected chi connectivity index (χ4v) is 8.69. The van der Waals surface area contributed by atoms with Crippen molar-refractivity contribution >= 4 is 5.91 Å². The van der Waals surface area contributed by atoms with Gasteiger partial charge in [0, 0.05) is 48.6 Å². The summed E-state index contributed by atoms with van der Waals surface area (Å²) >= 11 is 0. The molecule has 9 rings (SSSR count). The van der Waals surface area contributed by atoms with Gasteiger partial charge in [-0.05, 0) is 62.6 Å². The lowest BCUT2D eigenvalue weighted by molar-refractivity contribution is -0.188. The number of nitrogens with zero attached hydrogens (tertiary/aromatic N) is 3. The van der Waals surface area contributed by atoms with Gasteiger partial charge in [-0.15, -0.1) is 0 Å². The van der Waals surface area contributed by atoms with Crippen molar-refractivity contribution in [3.63, 3.8) is 0 Å². The molecule has 2 aliphatic heterocycles. The Morgan fingerprint density at radius 3 is 2.94 bits per heavy atom. The summed E-state index contributed by atoms with van der Waals surface area (Å²) in [7, 11) is 1.76. The molecule has 8 heteroatoms. The van der Waals surface area contributed by atoms with E-state index in [1.54, 1.807) is 30.4 Å². The number of amides is 1. The van der Waals surface area contributed by atoms with E-state index in [9.17, 15) is 15.0 Å². The maximum Gasteiger partial charge on any atom is 0.252 e. The average molecular weight is 489 g/mol. The van der Waals surface area contributed by atoms with Crippen molar-refractivity contribution in [1.29, 1.82) is 0 Å². The Kier molecular flexibility index (Phi) is 3.97. The number of aromatic nitrogens is 2. The minimum Gasteiger partial charge on any atom is -0.504 e. The summed E-state index contributed by atoms with van der Waals surface area (Å²) in [5, 5.41) is 23.2. The number of imidazole rings is 1. The lowest BCUT2D eigenvalue weighted by Gasteiger charge is -2.70. The van der Waals surface area contributed by atoms with Crippen molar-refractivity contribution < 1.29 is 19.7 Å². The van der Waals surface area contributed by atoms with E-state index in [4.69, 9.17) is 4.74 Å². The van der Waals surface area contributed by atoms with Crippen LogP contribution >= 0.6 is 0 Å². The number of aliphatic hydroxyl groups is 1. The molecule has 7 aliphatic rings. The molecule has 3 heterocycles. The Morgan fingerprint density at radius 1 is 1.31 bits per heavy atom. The molecule has 0 radical (unpaired) electrons. The van der Waals surface area contributed by atoms with Gasteiger partial charge in [0.15, 0.2) is 11.5 Å². The predicted molar refractivity (Wildman–Crippen MR) is 130 cm³/mol. The van der Waals surface area contributed by atoms with E-state index in [0.717, 1.165) is 43.8 Å². The molecule has 36 heavy (non-hydrogen) atoms. The quantitative estimate of drug-likeness (QED) is 0.597. The van der Waals surface area contributed by atoms with Crippen molar-refractivity contribution in [2.75, 3.05) is 20.1 Å². The summed E-state index contributed by atoms with van der Waals surface area (Å²) in [5.74, 6) is 1.97. The number of nitrogens with one attached hydrogen (secondary N) is 1. The molecule has 3 fully saturated rings. The summed E-state index contributed by atoms with van der Waals surface area (Å²) in [4.78, 5) is 25.6. The topological polar surface area (TPSA) is 102 Å². The van der Waals surface area contributed by atoms with Crippen LogP contribution in [0.3, 0.4) is 0 Å². The number of phenols is 1. The molecular weight excluding hydrogens is 456 g/mol. The predicted octanol–water partition coefficient (Wildman–Crippen LogP) is 2.26. The molecule has 8 nitrogen and oxygen atoms in total. The first kappa shape index (κ1) is 21.3. The molecule has 2 saturated carbocycles. The zero-order valence-electron chi connectivity index (χ0n) is 20.5. The summed E-state index contributed by atoms with van der Waals surface area (Å²) in [6, 6.07) is 4.05. The number of phenolic OH excluding ortho intramolecular Hbond substituents is 1. The van der Waals surface area contributed by atoms with Crippen molar-refractivity contribution in [2.24, 2.45) is 11.3 Å². The van der Waals surface area contributed by atoms with Crippen LogP contribution in [0.1, 0.15) is 49.1 Å². The number of likely N-dealkylation sites (N-methyl/N-ethyl adjacent to an activating group) is 1. The fraction of sp³-hybridized carbons (Fsp3) is 0.571. The Labute approximate surface area is 210 Å². The number of carbonyl (C=O) groups excluding carboxylic acids is 1. The molecule has 2 aromatic rings. The van der Waals surface area contributed by atoms with E-state index < -0.39 is 17.1 Å². The number of rotatable bonds is 5. The van der Waals surface area contributed by atoms with Crippen LogP contribution in [0, 0.1) is 11.3 Å². The standard InChI is InChI=1S/C28H32N4O4/c1-31(15-21-29-9-10-30-21)24(34)18-13-26-6-7-28(18,35)25-27(26)8-11-32(14-16-2-3-16)20(26)12-17-4-5-19(33)23(36-25)22(17)27/h4-5,9-10,13,16,20,25,33,35H,2-3,6-8,11-12,14-15H2,1H3,(H,29,30)/t20-,25-,26-,27+,28-/m1/s1. The minimum absolute atomic E-state index is 0.136. The lowest BCUT2D eigenvalue weighted by Crippen LogP contribution is -2.78. The van der Waals surface area contributed by atoms with E-state index in [1.165, 1.54) is 18.4 Å². The highest BCUT2D eigenvalue weighted by Gasteiger charge is 2.78. The van der Waals surface area contributed by atoms with Gasteiger partial charge in [-0.3, -0.25) is 9.69 Å². The van der Waals surface area contributed by atoms with Gasteiger partial charge in [-0.1, -0.05) is 12.1 Å². The first-order valence-electron chi connectivity index (χ1n) is 13.3. The Morgan fingerprint density at radius 2 is 2.17 bits per heavy atom. The average Bonchev–Trinajstić information content (AvgIpc) is 3.38. The third kappa shape index (κ3) is 2.38. The van der Waals surface area contributed by atoms with Crippen LogP contribution in [-0.2, 0) is 23.2 Å². The van der Waals surface area contributed by atoms with Crippen molar-refractivity contribution in [2.45, 2.75) is 68.2 Å². The maximum atomic E-state index is 13.9. The molecule has 3 N–H and O–H groups in total. The highest BCUT2D eigenvalue weighted by Crippen LogP contribution is 2.74. The van der Waals surface area contributed by atoms with E-state index in [1.807, 2.05) is 0 Å². The number of carbonyl (C=O) groups is 1. The van der Waals surface area contributed by atoms with Crippen molar-refractivity contribution in [1.82, 2.24) is 19.8 Å². The van der Waals surface area contributed by atoms with Crippen LogP contribution in [0.5, 0.6) is 11.5 Å². The lowest BCUT2D eigenvalue weighted by atomic mass is 9.38. The van der Waals surface area contributed by atoms with Gasteiger partial charge in [0.25, 0.3) is 5.91 Å². The Bertz CT molecular complexity index is 1320. The number of hydrogen-bond donors (Lipinski definition) is 3. The number of fused-ring (bicyclic) bond motifs is 1. The van der Waals surface area contributed by atoms with Gasteiger partial charge >= 0.3 is 0 Å². The fourth-order valence-electron chi connectivity index (χ4n) is 8.69. The monoisotopic (exact) mass is 488 g/mol. The number of likely N-dealkylation sites (tertiary alicyclic amines) is 1. The molecule has 0 unspecified atom stereocenters. The zero-order valence-corrected chi connectivity index (χ0v) is 20.5. The van der Waals surface area contributed by atoms with Gasteiger partial charge in [-0.25, -0.2) is 4.98 Å². The Balaban J connectivity index is 1.30. The molecule has 1 saturated heterocycles. The number of H-pyrrole nitrogens is 1. The number of benzene rings is 1. The second kappa shape index (κ2) is 6.72.